The van der Waals surface area contributed by atoms with Crippen LogP contribution in [0.1, 0.15) is 40.5 Å². The van der Waals surface area contributed by atoms with Gasteiger partial charge in [-0.3, -0.25) is 4.79 Å². The van der Waals surface area contributed by atoms with E-state index in [0.29, 0.717) is 6.42 Å². The van der Waals surface area contributed by atoms with E-state index in [4.69, 9.17) is 4.74 Å². The number of nitrogens with zero attached hydrogens (tertiary/aromatic N) is 2. The van der Waals surface area contributed by atoms with E-state index in [1.807, 2.05) is 50.1 Å². The Morgan fingerprint density at radius 3 is 2.48 bits per heavy atom. The van der Waals surface area contributed by atoms with E-state index in [2.05, 4.69) is 11.9 Å². The van der Waals surface area contributed by atoms with Gasteiger partial charge >= 0.3 is 0 Å². The van der Waals surface area contributed by atoms with Gasteiger partial charge in [-0.25, -0.2) is 4.98 Å². The largest absolute Gasteiger partial charge is 0.497 e. The molecule has 0 spiro atoms. The normalized spacial score (nSPS) is 12.0. The van der Waals surface area contributed by atoms with Crippen LogP contribution in [-0.2, 0) is 11.2 Å². The summed E-state index contributed by atoms with van der Waals surface area (Å²) in [7, 11) is 3.52. The Bertz CT molecular complexity index is 664. The molecule has 124 valence electrons. The van der Waals surface area contributed by atoms with E-state index in [9.17, 15) is 4.79 Å². The Labute approximate surface area is 142 Å². The maximum Gasteiger partial charge on any atom is 0.223 e. The highest BCUT2D eigenvalue weighted by atomic mass is 32.1. The second-order valence-electron chi connectivity index (χ2n) is 5.71. The molecule has 2 aromatic rings. The molecule has 1 heterocycles. The summed E-state index contributed by atoms with van der Waals surface area (Å²) in [4.78, 5) is 19.9. The van der Waals surface area contributed by atoms with Gasteiger partial charge in [0.15, 0.2) is 0 Å². The molecule has 1 atom stereocenters. The molecule has 2 rings (SSSR count). The first-order chi connectivity index (χ1) is 10.9. The highest BCUT2D eigenvalue weighted by Gasteiger charge is 2.21. The molecule has 0 bridgehead atoms. The van der Waals surface area contributed by atoms with E-state index in [0.717, 1.165) is 28.4 Å². The van der Waals surface area contributed by atoms with Gasteiger partial charge in [0, 0.05) is 18.3 Å². The Hall–Kier alpha value is -1.88. The van der Waals surface area contributed by atoms with Crippen LogP contribution in [0.15, 0.2) is 24.3 Å². The lowest BCUT2D eigenvalue weighted by Gasteiger charge is -2.24. The van der Waals surface area contributed by atoms with Crippen molar-refractivity contribution in [2.45, 2.75) is 39.7 Å². The summed E-state index contributed by atoms with van der Waals surface area (Å²) in [5.74, 6) is 0.987. The molecule has 0 saturated heterocycles. The molecule has 23 heavy (non-hydrogen) atoms. The van der Waals surface area contributed by atoms with Crippen molar-refractivity contribution in [2.75, 3.05) is 14.2 Å². The van der Waals surface area contributed by atoms with Crippen molar-refractivity contribution in [3.8, 4) is 5.75 Å². The molecule has 0 N–H and O–H groups in total. The molecule has 5 heteroatoms. The Balaban J connectivity index is 1.95. The predicted molar refractivity (Wildman–Crippen MR) is 94.1 cm³/mol. The number of carbonyl (C=O) groups excluding carboxylic acids is 1. The van der Waals surface area contributed by atoms with Gasteiger partial charge in [-0.05, 0) is 44.9 Å². The number of carbonyl (C=O) groups is 1. The molecule has 0 saturated carbocycles. The number of methoxy groups -OCH3 is 1. The van der Waals surface area contributed by atoms with Crippen LogP contribution in [0.5, 0.6) is 5.75 Å². The maximum atomic E-state index is 12.5. The van der Waals surface area contributed by atoms with Crippen molar-refractivity contribution < 1.29 is 9.53 Å². The third-order valence-corrected chi connectivity index (χ3v) is 5.32. The van der Waals surface area contributed by atoms with Crippen molar-refractivity contribution in [3.05, 3.63) is 45.4 Å². The highest BCUT2D eigenvalue weighted by molar-refractivity contribution is 7.11. The molecule has 0 radical (unpaired) electrons. The molecule has 0 aliphatic heterocycles. The van der Waals surface area contributed by atoms with E-state index in [1.165, 1.54) is 4.88 Å². The van der Waals surface area contributed by atoms with Crippen LogP contribution in [-0.4, -0.2) is 29.9 Å². The summed E-state index contributed by atoms with van der Waals surface area (Å²) >= 11 is 1.67. The van der Waals surface area contributed by atoms with E-state index in [1.54, 1.807) is 18.4 Å². The smallest absolute Gasteiger partial charge is 0.223 e. The van der Waals surface area contributed by atoms with Gasteiger partial charge in [0.25, 0.3) is 0 Å². The molecule has 1 aromatic heterocycles. The van der Waals surface area contributed by atoms with E-state index in [-0.39, 0.29) is 11.9 Å². The number of hydrogen-bond donors (Lipinski definition) is 0. The number of thiazole rings is 1. The van der Waals surface area contributed by atoms with E-state index < -0.39 is 0 Å². The summed E-state index contributed by atoms with van der Waals surface area (Å²) in [6.07, 6.45) is 1.24. The maximum absolute atomic E-state index is 12.5. The number of aromatic nitrogens is 1. The van der Waals surface area contributed by atoms with Gasteiger partial charge in [-0.2, -0.15) is 0 Å². The molecule has 0 unspecified atom stereocenters. The van der Waals surface area contributed by atoms with Crippen molar-refractivity contribution in [1.29, 1.82) is 0 Å². The van der Waals surface area contributed by atoms with Crippen molar-refractivity contribution in [3.63, 3.8) is 0 Å². The van der Waals surface area contributed by atoms with Crippen LogP contribution in [0.4, 0.5) is 0 Å². The second-order valence-corrected chi connectivity index (χ2v) is 6.95. The van der Waals surface area contributed by atoms with Crippen molar-refractivity contribution in [2.24, 2.45) is 0 Å². The lowest BCUT2D eigenvalue weighted by molar-refractivity contribution is -0.131. The molecular formula is C18H24N2O2S. The zero-order valence-electron chi connectivity index (χ0n) is 14.4. The summed E-state index contributed by atoms with van der Waals surface area (Å²) in [5.41, 5.74) is 2.17. The van der Waals surface area contributed by atoms with Crippen LogP contribution in [0.3, 0.4) is 0 Å². The molecule has 0 aliphatic rings. The molecule has 0 fully saturated rings. The molecular weight excluding hydrogens is 308 g/mol. The number of aryl methyl sites for hydroxylation is 3. The predicted octanol–water partition coefficient (Wildman–Crippen LogP) is 3.92. The molecule has 1 aromatic carbocycles. The number of amides is 1. The average molecular weight is 332 g/mol. The van der Waals surface area contributed by atoms with Crippen LogP contribution >= 0.6 is 11.3 Å². The molecule has 4 nitrogen and oxygen atoms in total. The highest BCUT2D eigenvalue weighted by Crippen LogP contribution is 2.28. The lowest BCUT2D eigenvalue weighted by atomic mass is 10.1. The van der Waals surface area contributed by atoms with Crippen LogP contribution in [0.25, 0.3) is 0 Å². The van der Waals surface area contributed by atoms with Crippen molar-refractivity contribution >= 4 is 17.2 Å². The second kappa shape index (κ2) is 7.59. The SMILES string of the molecule is COc1ccc(CCC(=O)N(C)[C@@H](C)c2sc(C)nc2C)cc1. The number of benzene rings is 1. The minimum absolute atomic E-state index is 0.0598. The van der Waals surface area contributed by atoms with Gasteiger partial charge in [0.2, 0.25) is 5.91 Å². The quantitative estimate of drug-likeness (QED) is 0.805. The fourth-order valence-electron chi connectivity index (χ4n) is 2.55. The van der Waals surface area contributed by atoms with Crippen molar-refractivity contribution in [1.82, 2.24) is 9.88 Å². The summed E-state index contributed by atoms with van der Waals surface area (Å²) in [6, 6.07) is 7.92. The van der Waals surface area contributed by atoms with Gasteiger partial charge in [0.1, 0.15) is 5.75 Å². The Morgan fingerprint density at radius 2 is 1.96 bits per heavy atom. The number of rotatable bonds is 6. The van der Waals surface area contributed by atoms with Crippen LogP contribution in [0.2, 0.25) is 0 Å². The first-order valence-electron chi connectivity index (χ1n) is 7.75. The average Bonchev–Trinajstić information content (AvgIpc) is 2.90. The van der Waals surface area contributed by atoms with Gasteiger partial charge < -0.3 is 9.64 Å². The number of hydrogen-bond acceptors (Lipinski definition) is 4. The fourth-order valence-corrected chi connectivity index (χ4v) is 3.57. The minimum atomic E-state index is 0.0598. The lowest BCUT2D eigenvalue weighted by Crippen LogP contribution is -2.29. The first-order valence-corrected chi connectivity index (χ1v) is 8.56. The van der Waals surface area contributed by atoms with Crippen LogP contribution in [0, 0.1) is 13.8 Å². The van der Waals surface area contributed by atoms with E-state index >= 15 is 0 Å². The number of ether oxygens (including phenoxy) is 1. The summed E-state index contributed by atoms with van der Waals surface area (Å²) in [5, 5.41) is 1.04. The summed E-state index contributed by atoms with van der Waals surface area (Å²) in [6.45, 7) is 6.07. The monoisotopic (exact) mass is 332 g/mol. The Morgan fingerprint density at radius 1 is 1.30 bits per heavy atom. The minimum Gasteiger partial charge on any atom is -0.497 e. The van der Waals surface area contributed by atoms with Gasteiger partial charge in [-0.1, -0.05) is 12.1 Å². The first kappa shape index (κ1) is 17.5. The van der Waals surface area contributed by atoms with Crippen LogP contribution < -0.4 is 4.74 Å². The third kappa shape index (κ3) is 4.32. The molecule has 1 amide bonds. The molecule has 0 aliphatic carbocycles. The zero-order chi connectivity index (χ0) is 17.0. The third-order valence-electron chi connectivity index (χ3n) is 4.08. The standard InChI is InChI=1S/C18H24N2O2S/c1-12-18(23-14(3)19-12)13(2)20(4)17(21)11-8-15-6-9-16(22-5)10-7-15/h6-7,9-10,13H,8,11H2,1-5H3/t13-/m0/s1. The van der Waals surface area contributed by atoms with Gasteiger partial charge in [0.05, 0.1) is 23.9 Å². The summed E-state index contributed by atoms with van der Waals surface area (Å²) < 4.78 is 5.15. The fraction of sp³-hybridized carbons (Fsp3) is 0.444. The van der Waals surface area contributed by atoms with Gasteiger partial charge in [-0.15, -0.1) is 11.3 Å². The Kier molecular flexibility index (Phi) is 5.77. The topological polar surface area (TPSA) is 42.4 Å². The zero-order valence-corrected chi connectivity index (χ0v) is 15.2.